The molecular weight excluding hydrogens is 224 g/mol. The Morgan fingerprint density at radius 3 is 2.67 bits per heavy atom. The third-order valence-electron chi connectivity index (χ3n) is 4.42. The lowest BCUT2D eigenvalue weighted by Gasteiger charge is -2.07. The van der Waals surface area contributed by atoms with Gasteiger partial charge in [-0.2, -0.15) is 5.26 Å². The maximum atomic E-state index is 12.5. The van der Waals surface area contributed by atoms with Crippen LogP contribution in [0.3, 0.4) is 0 Å². The van der Waals surface area contributed by atoms with Gasteiger partial charge in [0.2, 0.25) is 0 Å². The summed E-state index contributed by atoms with van der Waals surface area (Å²) in [5.41, 5.74) is 0.744. The van der Waals surface area contributed by atoms with Gasteiger partial charge >= 0.3 is 0 Å². The Bertz CT molecular complexity index is 479. The van der Waals surface area contributed by atoms with Crippen LogP contribution in [0.4, 0.5) is 0 Å². The fourth-order valence-corrected chi connectivity index (χ4v) is 3.46. The van der Waals surface area contributed by atoms with Crippen molar-refractivity contribution in [3.05, 3.63) is 30.1 Å². The number of hydrogen-bond acceptors (Lipinski definition) is 3. The van der Waals surface area contributed by atoms with Crippen LogP contribution in [-0.2, 0) is 4.79 Å². The molecule has 2 fully saturated rings. The third kappa shape index (κ3) is 1.82. The monoisotopic (exact) mass is 240 g/mol. The minimum Gasteiger partial charge on any atom is -0.298 e. The molecule has 0 aliphatic heterocycles. The van der Waals surface area contributed by atoms with Gasteiger partial charge in [-0.3, -0.25) is 9.78 Å². The lowest BCUT2D eigenvalue weighted by atomic mass is 9.93. The van der Waals surface area contributed by atoms with E-state index in [1.54, 1.807) is 18.5 Å². The fourth-order valence-electron chi connectivity index (χ4n) is 3.46. The van der Waals surface area contributed by atoms with Gasteiger partial charge in [-0.25, -0.2) is 0 Å². The molecule has 0 bridgehead atoms. The van der Waals surface area contributed by atoms with Crippen molar-refractivity contribution in [1.82, 2.24) is 4.98 Å². The van der Waals surface area contributed by atoms with Crippen LogP contribution < -0.4 is 0 Å². The zero-order valence-corrected chi connectivity index (χ0v) is 10.2. The molecule has 0 radical (unpaired) electrons. The summed E-state index contributed by atoms with van der Waals surface area (Å²) in [4.78, 5) is 16.5. The second kappa shape index (κ2) is 4.53. The van der Waals surface area contributed by atoms with Crippen LogP contribution in [0.15, 0.2) is 24.5 Å². The SMILES string of the molecule is N#CC(C(=O)C1C2CCCCC21)c1cccnc1. The smallest absolute Gasteiger partial charge is 0.158 e. The van der Waals surface area contributed by atoms with Gasteiger partial charge in [0.05, 0.1) is 6.07 Å². The van der Waals surface area contributed by atoms with Crippen LogP contribution in [0.25, 0.3) is 0 Å². The van der Waals surface area contributed by atoms with Crippen LogP contribution >= 0.6 is 0 Å². The van der Waals surface area contributed by atoms with Crippen LogP contribution in [0, 0.1) is 29.1 Å². The number of aromatic nitrogens is 1. The number of rotatable bonds is 3. The van der Waals surface area contributed by atoms with Gasteiger partial charge in [0, 0.05) is 18.3 Å². The van der Waals surface area contributed by atoms with E-state index in [1.807, 2.05) is 6.07 Å². The summed E-state index contributed by atoms with van der Waals surface area (Å²) >= 11 is 0. The largest absolute Gasteiger partial charge is 0.298 e. The summed E-state index contributed by atoms with van der Waals surface area (Å²) in [5.74, 6) is 0.798. The first-order valence-electron chi connectivity index (χ1n) is 6.66. The first-order chi connectivity index (χ1) is 8.83. The molecule has 1 aromatic rings. The standard InChI is InChI=1S/C15H16N2O/c16-8-13(10-4-3-7-17-9-10)15(18)14-11-5-1-2-6-12(11)14/h3-4,7,9,11-14H,1-2,5-6H2. The highest BCUT2D eigenvalue weighted by Crippen LogP contribution is 2.57. The average molecular weight is 240 g/mol. The van der Waals surface area contributed by atoms with E-state index in [2.05, 4.69) is 11.1 Å². The Morgan fingerprint density at radius 1 is 1.39 bits per heavy atom. The van der Waals surface area contributed by atoms with Gasteiger partial charge < -0.3 is 0 Å². The Hall–Kier alpha value is -1.69. The molecule has 3 atom stereocenters. The van der Waals surface area contributed by atoms with Crippen molar-refractivity contribution in [2.24, 2.45) is 17.8 Å². The van der Waals surface area contributed by atoms with Crippen LogP contribution in [0.1, 0.15) is 37.2 Å². The first kappa shape index (κ1) is 11.4. The number of carbonyl (C=O) groups excluding carboxylic acids is 1. The van der Waals surface area contributed by atoms with Crippen molar-refractivity contribution in [2.45, 2.75) is 31.6 Å². The Kier molecular flexibility index (Phi) is 2.87. The van der Waals surface area contributed by atoms with E-state index in [9.17, 15) is 10.1 Å². The molecule has 3 nitrogen and oxygen atoms in total. The zero-order valence-electron chi connectivity index (χ0n) is 10.2. The molecule has 1 heterocycles. The van der Waals surface area contributed by atoms with Gasteiger partial charge in [-0.05, 0) is 36.3 Å². The van der Waals surface area contributed by atoms with Crippen molar-refractivity contribution in [3.8, 4) is 6.07 Å². The van der Waals surface area contributed by atoms with E-state index in [0.29, 0.717) is 11.8 Å². The average Bonchev–Trinajstić information content (AvgIpc) is 3.15. The topological polar surface area (TPSA) is 53.8 Å². The molecule has 18 heavy (non-hydrogen) atoms. The molecule has 0 saturated heterocycles. The van der Waals surface area contributed by atoms with Crippen molar-refractivity contribution in [1.29, 1.82) is 5.26 Å². The Labute approximate surface area is 107 Å². The van der Waals surface area contributed by atoms with Gasteiger partial charge in [-0.1, -0.05) is 18.9 Å². The zero-order chi connectivity index (χ0) is 12.5. The maximum absolute atomic E-state index is 12.5. The molecule has 92 valence electrons. The summed E-state index contributed by atoms with van der Waals surface area (Å²) in [6.07, 6.45) is 8.14. The second-order valence-corrected chi connectivity index (χ2v) is 5.39. The summed E-state index contributed by atoms with van der Waals surface area (Å²) in [7, 11) is 0. The highest BCUT2D eigenvalue weighted by molar-refractivity contribution is 5.92. The minimum atomic E-state index is -0.616. The molecule has 1 aromatic heterocycles. The molecule has 3 rings (SSSR count). The number of hydrogen-bond donors (Lipinski definition) is 0. The predicted molar refractivity (Wildman–Crippen MR) is 66.5 cm³/mol. The quantitative estimate of drug-likeness (QED) is 0.816. The Balaban J connectivity index is 1.78. The highest BCUT2D eigenvalue weighted by atomic mass is 16.1. The molecule has 2 aliphatic carbocycles. The number of nitriles is 1. The molecule has 0 N–H and O–H groups in total. The van der Waals surface area contributed by atoms with Crippen LogP contribution in [-0.4, -0.2) is 10.8 Å². The molecule has 0 spiro atoms. The summed E-state index contributed by atoms with van der Waals surface area (Å²) < 4.78 is 0. The van der Waals surface area contributed by atoms with E-state index in [4.69, 9.17) is 0 Å². The fraction of sp³-hybridized carbons (Fsp3) is 0.533. The van der Waals surface area contributed by atoms with E-state index < -0.39 is 5.92 Å². The van der Waals surface area contributed by atoms with E-state index in [1.165, 1.54) is 25.7 Å². The third-order valence-corrected chi connectivity index (χ3v) is 4.42. The lowest BCUT2D eigenvalue weighted by Crippen LogP contribution is -2.14. The summed E-state index contributed by atoms with van der Waals surface area (Å²) in [6.45, 7) is 0. The number of carbonyl (C=O) groups is 1. The predicted octanol–water partition coefficient (Wildman–Crippen LogP) is 2.69. The second-order valence-electron chi connectivity index (χ2n) is 5.39. The number of Topliss-reactive ketones (excluding diaryl/α,β-unsaturated/α-hetero) is 1. The molecular formula is C15H16N2O. The lowest BCUT2D eigenvalue weighted by molar-refractivity contribution is -0.121. The van der Waals surface area contributed by atoms with E-state index in [0.717, 1.165) is 5.56 Å². The molecule has 2 saturated carbocycles. The van der Waals surface area contributed by atoms with Gasteiger partial charge in [-0.15, -0.1) is 0 Å². The number of fused-ring (bicyclic) bond motifs is 1. The minimum absolute atomic E-state index is 0.127. The van der Waals surface area contributed by atoms with Crippen molar-refractivity contribution in [3.63, 3.8) is 0 Å². The molecule has 0 aromatic carbocycles. The highest BCUT2D eigenvalue weighted by Gasteiger charge is 2.55. The summed E-state index contributed by atoms with van der Waals surface area (Å²) in [5, 5.41) is 9.26. The van der Waals surface area contributed by atoms with Gasteiger partial charge in [0.1, 0.15) is 5.92 Å². The first-order valence-corrected chi connectivity index (χ1v) is 6.66. The number of pyridine rings is 1. The normalized spacial score (nSPS) is 30.9. The molecule has 3 heteroatoms. The van der Waals surface area contributed by atoms with Crippen molar-refractivity contribution >= 4 is 5.78 Å². The van der Waals surface area contributed by atoms with E-state index in [-0.39, 0.29) is 11.7 Å². The number of ketones is 1. The summed E-state index contributed by atoms with van der Waals surface area (Å²) in [6, 6.07) is 5.77. The van der Waals surface area contributed by atoms with Crippen molar-refractivity contribution < 1.29 is 4.79 Å². The molecule has 2 aliphatic rings. The van der Waals surface area contributed by atoms with E-state index >= 15 is 0 Å². The van der Waals surface area contributed by atoms with Gasteiger partial charge in [0.15, 0.2) is 5.78 Å². The van der Waals surface area contributed by atoms with Gasteiger partial charge in [0.25, 0.3) is 0 Å². The maximum Gasteiger partial charge on any atom is 0.158 e. The molecule has 3 unspecified atom stereocenters. The van der Waals surface area contributed by atoms with Crippen molar-refractivity contribution in [2.75, 3.05) is 0 Å². The number of nitrogens with zero attached hydrogens (tertiary/aromatic N) is 2. The Morgan fingerprint density at radius 2 is 2.11 bits per heavy atom. The van der Waals surface area contributed by atoms with Crippen LogP contribution in [0.2, 0.25) is 0 Å². The molecule has 0 amide bonds. The van der Waals surface area contributed by atoms with Crippen LogP contribution in [0.5, 0.6) is 0 Å².